The van der Waals surface area contributed by atoms with Crippen LogP contribution >= 0.6 is 34.8 Å². The predicted octanol–water partition coefficient (Wildman–Crippen LogP) is 3.08. The largest absolute Gasteiger partial charge is 0.324 e. The van der Waals surface area contributed by atoms with Crippen molar-refractivity contribution in [1.82, 2.24) is 0 Å². The Bertz CT molecular complexity index is 314. The van der Waals surface area contributed by atoms with E-state index in [9.17, 15) is 4.79 Å². The van der Waals surface area contributed by atoms with Gasteiger partial charge in [-0.1, -0.05) is 40.9 Å². The molecule has 5 heteroatoms. The Morgan fingerprint density at radius 1 is 1.38 bits per heavy atom. The van der Waals surface area contributed by atoms with Crippen LogP contribution in [0.15, 0.2) is 24.3 Å². The molecule has 0 atom stereocenters. The smallest absolute Gasteiger partial charge is 0.257 e. The molecule has 2 nitrogen and oxygen atoms in total. The summed E-state index contributed by atoms with van der Waals surface area (Å²) in [5.41, 5.74) is 0.573. The number of carbonyl (C=O) groups excluding carboxylic acids is 1. The molecule has 0 spiro atoms. The first-order valence-electron chi connectivity index (χ1n) is 3.44. The summed E-state index contributed by atoms with van der Waals surface area (Å²) in [4.78, 5) is 9.94. The fourth-order valence-corrected chi connectivity index (χ4v) is 1.06. The van der Waals surface area contributed by atoms with E-state index in [1.165, 1.54) is 0 Å². The van der Waals surface area contributed by atoms with Crippen molar-refractivity contribution in [1.29, 1.82) is 0 Å². The zero-order valence-electron chi connectivity index (χ0n) is 6.43. The van der Waals surface area contributed by atoms with Gasteiger partial charge in [0, 0.05) is 10.7 Å². The maximum absolute atomic E-state index is 11.0. The normalized spacial score (nSPS) is 10.2. The van der Waals surface area contributed by atoms with Crippen molar-refractivity contribution < 1.29 is 4.79 Å². The highest BCUT2D eigenvalue weighted by Gasteiger charge is 2.10. The fourth-order valence-electron chi connectivity index (χ4n) is 0.763. The highest BCUT2D eigenvalue weighted by molar-refractivity contribution is 6.54. The number of carbonyl (C=O) groups is 1. The summed E-state index contributed by atoms with van der Waals surface area (Å²) in [6, 6.07) is 6.72. The van der Waals surface area contributed by atoms with Crippen molar-refractivity contribution in [3.05, 3.63) is 29.3 Å². The van der Waals surface area contributed by atoms with Gasteiger partial charge in [0.05, 0.1) is 0 Å². The summed E-state index contributed by atoms with van der Waals surface area (Å²) in [7, 11) is 0. The van der Waals surface area contributed by atoms with Gasteiger partial charge in [-0.3, -0.25) is 4.79 Å². The van der Waals surface area contributed by atoms with Crippen LogP contribution in [0.1, 0.15) is 0 Å². The molecule has 0 saturated carbocycles. The average Bonchev–Trinajstić information content (AvgIpc) is 2.04. The third-order valence-corrected chi connectivity index (χ3v) is 1.92. The van der Waals surface area contributed by atoms with Crippen molar-refractivity contribution >= 4 is 46.4 Å². The highest BCUT2D eigenvalue weighted by Crippen LogP contribution is 2.16. The number of hydrogen-bond acceptors (Lipinski definition) is 1. The lowest BCUT2D eigenvalue weighted by molar-refractivity contribution is -0.114. The lowest BCUT2D eigenvalue weighted by Crippen LogP contribution is -2.18. The van der Waals surface area contributed by atoms with Crippen LogP contribution in [-0.2, 0) is 4.79 Å². The lowest BCUT2D eigenvalue weighted by atomic mass is 10.3. The number of hydrogen-bond donors (Lipinski definition) is 1. The van der Waals surface area contributed by atoms with Crippen molar-refractivity contribution in [2.45, 2.75) is 4.84 Å². The summed E-state index contributed by atoms with van der Waals surface area (Å²) >= 11 is 16.4. The molecule has 0 unspecified atom stereocenters. The van der Waals surface area contributed by atoms with E-state index in [2.05, 4.69) is 5.32 Å². The number of nitrogens with one attached hydrogen (secondary N) is 1. The molecule has 0 saturated heterocycles. The molecule has 70 valence electrons. The van der Waals surface area contributed by atoms with Crippen LogP contribution in [0.4, 0.5) is 5.69 Å². The topological polar surface area (TPSA) is 29.1 Å². The van der Waals surface area contributed by atoms with Crippen LogP contribution in [0.2, 0.25) is 5.02 Å². The lowest BCUT2D eigenvalue weighted by Gasteiger charge is -2.04. The number of anilines is 1. The molecule has 1 N–H and O–H groups in total. The second-order valence-corrected chi connectivity index (χ2v) is 3.83. The van der Waals surface area contributed by atoms with Gasteiger partial charge in [0.25, 0.3) is 5.91 Å². The second kappa shape index (κ2) is 4.70. The van der Waals surface area contributed by atoms with Crippen molar-refractivity contribution in [2.75, 3.05) is 5.32 Å². The standard InChI is InChI=1S/C8H6Cl3NO/c9-5-2-1-3-6(4-5)12-8(13)7(10)11/h1-4,7H,(H,12,13). The summed E-state index contributed by atoms with van der Waals surface area (Å²) < 4.78 is 0. The van der Waals surface area contributed by atoms with E-state index in [1.807, 2.05) is 0 Å². The molecule has 0 aliphatic rings. The number of amides is 1. The number of halogens is 3. The van der Waals surface area contributed by atoms with E-state index in [1.54, 1.807) is 24.3 Å². The maximum Gasteiger partial charge on any atom is 0.257 e. The van der Waals surface area contributed by atoms with Gasteiger partial charge in [0.2, 0.25) is 0 Å². The molecular weight excluding hydrogens is 232 g/mol. The highest BCUT2D eigenvalue weighted by atomic mass is 35.5. The maximum atomic E-state index is 11.0. The van der Waals surface area contributed by atoms with Crippen molar-refractivity contribution in [3.8, 4) is 0 Å². The van der Waals surface area contributed by atoms with Crippen LogP contribution < -0.4 is 5.32 Å². The molecule has 0 aliphatic carbocycles. The Morgan fingerprint density at radius 3 is 2.62 bits per heavy atom. The zero-order valence-corrected chi connectivity index (χ0v) is 8.70. The van der Waals surface area contributed by atoms with Gasteiger partial charge in [-0.05, 0) is 18.2 Å². The zero-order chi connectivity index (χ0) is 9.84. The minimum Gasteiger partial charge on any atom is -0.324 e. The van der Waals surface area contributed by atoms with Crippen LogP contribution in [0.3, 0.4) is 0 Å². The summed E-state index contributed by atoms with van der Waals surface area (Å²) in [5, 5.41) is 3.04. The Labute approximate surface area is 90.8 Å². The third kappa shape index (κ3) is 3.43. The van der Waals surface area contributed by atoms with E-state index >= 15 is 0 Å². The van der Waals surface area contributed by atoms with Gasteiger partial charge < -0.3 is 5.32 Å². The molecular formula is C8H6Cl3NO. The Morgan fingerprint density at radius 2 is 2.08 bits per heavy atom. The molecule has 0 fully saturated rings. The third-order valence-electron chi connectivity index (χ3n) is 1.29. The molecule has 0 radical (unpaired) electrons. The minimum absolute atomic E-state index is 0.467. The van der Waals surface area contributed by atoms with E-state index in [0.29, 0.717) is 10.7 Å². The van der Waals surface area contributed by atoms with E-state index < -0.39 is 10.7 Å². The molecule has 0 heterocycles. The molecule has 0 aliphatic heterocycles. The molecule has 13 heavy (non-hydrogen) atoms. The van der Waals surface area contributed by atoms with Crippen LogP contribution in [0, 0.1) is 0 Å². The molecule has 1 rings (SSSR count). The van der Waals surface area contributed by atoms with Gasteiger partial charge >= 0.3 is 0 Å². The van der Waals surface area contributed by atoms with Crippen molar-refractivity contribution in [3.63, 3.8) is 0 Å². The molecule has 1 amide bonds. The summed E-state index contributed by atoms with van der Waals surface area (Å²) in [5.74, 6) is -0.467. The number of benzene rings is 1. The number of rotatable bonds is 2. The minimum atomic E-state index is -1.07. The van der Waals surface area contributed by atoms with E-state index in [0.717, 1.165) is 0 Å². The van der Waals surface area contributed by atoms with Gasteiger partial charge in [0.1, 0.15) is 0 Å². The number of alkyl halides is 2. The quantitative estimate of drug-likeness (QED) is 0.788. The van der Waals surface area contributed by atoms with Gasteiger partial charge in [-0.25, -0.2) is 0 Å². The molecule has 0 bridgehead atoms. The predicted molar refractivity (Wildman–Crippen MR) is 55.6 cm³/mol. The summed E-state index contributed by atoms with van der Waals surface area (Å²) in [6.07, 6.45) is 0. The fraction of sp³-hybridized carbons (Fsp3) is 0.125. The van der Waals surface area contributed by atoms with Crippen LogP contribution in [0.25, 0.3) is 0 Å². The van der Waals surface area contributed by atoms with E-state index in [4.69, 9.17) is 34.8 Å². The molecule has 1 aromatic rings. The molecule has 0 aromatic heterocycles. The first kappa shape index (κ1) is 10.6. The summed E-state index contributed by atoms with van der Waals surface area (Å²) in [6.45, 7) is 0. The van der Waals surface area contributed by atoms with Crippen molar-refractivity contribution in [2.24, 2.45) is 0 Å². The van der Waals surface area contributed by atoms with Gasteiger partial charge in [-0.2, -0.15) is 0 Å². The SMILES string of the molecule is O=C(Nc1cccc(Cl)c1)C(Cl)Cl. The van der Waals surface area contributed by atoms with E-state index in [-0.39, 0.29) is 0 Å². The average molecular weight is 239 g/mol. The van der Waals surface area contributed by atoms with Crippen LogP contribution in [-0.4, -0.2) is 10.7 Å². The van der Waals surface area contributed by atoms with Crippen LogP contribution in [0.5, 0.6) is 0 Å². The first-order chi connectivity index (χ1) is 6.09. The Balaban J connectivity index is 2.69. The monoisotopic (exact) mass is 237 g/mol. The Hall–Kier alpha value is -0.440. The van der Waals surface area contributed by atoms with Gasteiger partial charge in [-0.15, -0.1) is 0 Å². The Kier molecular flexibility index (Phi) is 3.85. The second-order valence-electron chi connectivity index (χ2n) is 2.30. The van der Waals surface area contributed by atoms with Gasteiger partial charge in [0.15, 0.2) is 4.84 Å². The molecule has 1 aromatic carbocycles. The first-order valence-corrected chi connectivity index (χ1v) is 4.69.